The number of fused-ring (bicyclic) bond motifs is 1. The second kappa shape index (κ2) is 6.11. The fourth-order valence-electron chi connectivity index (χ4n) is 3.34. The van der Waals surface area contributed by atoms with Gasteiger partial charge in [0.25, 0.3) is 0 Å². The van der Waals surface area contributed by atoms with Crippen molar-refractivity contribution >= 4 is 23.5 Å². The number of methoxy groups -OCH3 is 1. The molecule has 124 valence electrons. The summed E-state index contributed by atoms with van der Waals surface area (Å²) in [5, 5.41) is 10.9. The molecule has 23 heavy (non-hydrogen) atoms. The Morgan fingerprint density at radius 1 is 1.52 bits per heavy atom. The molecule has 1 N–H and O–H groups in total. The first-order valence-corrected chi connectivity index (χ1v) is 7.83. The second-order valence-electron chi connectivity index (χ2n) is 5.91. The normalized spacial score (nSPS) is 28.8. The quantitative estimate of drug-likeness (QED) is 0.841. The summed E-state index contributed by atoms with van der Waals surface area (Å²) in [5.74, 6) is -2.62. The molecule has 0 bridgehead atoms. The first-order valence-electron chi connectivity index (χ1n) is 7.45. The van der Waals surface area contributed by atoms with Gasteiger partial charge in [-0.1, -0.05) is 29.8 Å². The van der Waals surface area contributed by atoms with Crippen LogP contribution in [0.5, 0.6) is 0 Å². The maximum Gasteiger partial charge on any atom is 0.327 e. The molecular formula is C16H18ClNO5. The molecule has 6 nitrogen and oxygen atoms in total. The number of carbonyl (C=O) groups is 2. The molecular weight excluding hydrogens is 322 g/mol. The van der Waals surface area contributed by atoms with Crippen molar-refractivity contribution in [3.63, 3.8) is 0 Å². The number of esters is 2. The number of carbonyl (C=O) groups excluding carboxylic acids is 2. The van der Waals surface area contributed by atoms with Crippen LogP contribution in [0.1, 0.15) is 24.4 Å². The van der Waals surface area contributed by atoms with Gasteiger partial charge in [-0.05, 0) is 11.6 Å². The summed E-state index contributed by atoms with van der Waals surface area (Å²) in [6.07, 6.45) is 0.394. The molecule has 2 heterocycles. The molecule has 0 radical (unpaired) electrons. The molecule has 2 fully saturated rings. The van der Waals surface area contributed by atoms with E-state index in [-0.39, 0.29) is 18.8 Å². The summed E-state index contributed by atoms with van der Waals surface area (Å²) in [6, 6.07) is 6.42. The lowest BCUT2D eigenvalue weighted by Gasteiger charge is -2.41. The Bertz CT molecular complexity index is 637. The molecule has 3 rings (SSSR count). The Morgan fingerprint density at radius 3 is 2.96 bits per heavy atom. The SMILES string of the molecule is COC(=O)[C@H](c1ccccc1Cl)N1CC[C@@]2(O)OC(=O)C[C@H]2C1. The molecule has 0 amide bonds. The van der Waals surface area contributed by atoms with Gasteiger partial charge in [0.05, 0.1) is 13.5 Å². The maximum absolute atomic E-state index is 12.3. The predicted molar refractivity (Wildman–Crippen MR) is 81.5 cm³/mol. The predicted octanol–water partition coefficient (Wildman–Crippen LogP) is 1.51. The Balaban J connectivity index is 1.89. The molecule has 2 saturated heterocycles. The van der Waals surface area contributed by atoms with E-state index in [9.17, 15) is 14.7 Å². The van der Waals surface area contributed by atoms with Crippen molar-refractivity contribution in [2.24, 2.45) is 5.92 Å². The third-order valence-corrected chi connectivity index (χ3v) is 4.89. The smallest absolute Gasteiger partial charge is 0.327 e. The van der Waals surface area contributed by atoms with Crippen molar-refractivity contribution in [1.29, 1.82) is 0 Å². The van der Waals surface area contributed by atoms with E-state index in [1.54, 1.807) is 24.3 Å². The van der Waals surface area contributed by atoms with Gasteiger partial charge in [-0.25, -0.2) is 4.79 Å². The van der Waals surface area contributed by atoms with Gasteiger partial charge in [0.2, 0.25) is 5.79 Å². The Labute approximate surface area is 138 Å². The number of halogens is 1. The van der Waals surface area contributed by atoms with Crippen molar-refractivity contribution in [2.45, 2.75) is 24.7 Å². The van der Waals surface area contributed by atoms with E-state index in [0.29, 0.717) is 23.7 Å². The number of hydrogen-bond acceptors (Lipinski definition) is 6. The Kier molecular flexibility index (Phi) is 4.31. The van der Waals surface area contributed by atoms with Crippen molar-refractivity contribution in [3.05, 3.63) is 34.9 Å². The van der Waals surface area contributed by atoms with Crippen LogP contribution in [0.15, 0.2) is 24.3 Å². The number of hydrogen-bond donors (Lipinski definition) is 1. The minimum absolute atomic E-state index is 0.142. The summed E-state index contributed by atoms with van der Waals surface area (Å²) in [6.45, 7) is 0.749. The van der Waals surface area contributed by atoms with Crippen LogP contribution in [0.25, 0.3) is 0 Å². The zero-order valence-corrected chi connectivity index (χ0v) is 13.5. The highest BCUT2D eigenvalue weighted by atomic mass is 35.5. The van der Waals surface area contributed by atoms with Gasteiger partial charge in [0, 0.05) is 30.5 Å². The maximum atomic E-state index is 12.3. The highest BCUT2D eigenvalue weighted by Gasteiger charge is 2.52. The van der Waals surface area contributed by atoms with Gasteiger partial charge in [-0.15, -0.1) is 0 Å². The van der Waals surface area contributed by atoms with Crippen LogP contribution in [0.3, 0.4) is 0 Å². The van der Waals surface area contributed by atoms with Gasteiger partial charge >= 0.3 is 11.9 Å². The third kappa shape index (κ3) is 2.94. The molecule has 0 aromatic heterocycles. The average molecular weight is 340 g/mol. The molecule has 0 aliphatic carbocycles. The summed E-state index contributed by atoms with van der Waals surface area (Å²) in [4.78, 5) is 25.7. The van der Waals surface area contributed by atoms with Crippen LogP contribution in [-0.4, -0.2) is 47.9 Å². The lowest BCUT2D eigenvalue weighted by Crippen LogP contribution is -2.52. The van der Waals surface area contributed by atoms with E-state index < -0.39 is 23.8 Å². The summed E-state index contributed by atoms with van der Waals surface area (Å²) >= 11 is 6.24. The van der Waals surface area contributed by atoms with Crippen LogP contribution in [-0.2, 0) is 19.1 Å². The van der Waals surface area contributed by atoms with Crippen molar-refractivity contribution in [2.75, 3.05) is 20.2 Å². The van der Waals surface area contributed by atoms with E-state index >= 15 is 0 Å². The number of nitrogens with zero attached hydrogens (tertiary/aromatic N) is 1. The van der Waals surface area contributed by atoms with Crippen LogP contribution in [0, 0.1) is 5.92 Å². The van der Waals surface area contributed by atoms with E-state index in [1.165, 1.54) is 7.11 Å². The van der Waals surface area contributed by atoms with Crippen LogP contribution >= 0.6 is 11.6 Å². The van der Waals surface area contributed by atoms with E-state index in [4.69, 9.17) is 21.1 Å². The molecule has 1 aromatic carbocycles. The fraction of sp³-hybridized carbons (Fsp3) is 0.500. The minimum Gasteiger partial charge on any atom is -0.468 e. The highest BCUT2D eigenvalue weighted by molar-refractivity contribution is 6.31. The van der Waals surface area contributed by atoms with Crippen LogP contribution < -0.4 is 0 Å². The summed E-state index contributed by atoms with van der Waals surface area (Å²) in [5.41, 5.74) is 0.650. The number of rotatable bonds is 3. The summed E-state index contributed by atoms with van der Waals surface area (Å²) in [7, 11) is 1.33. The van der Waals surface area contributed by atoms with E-state index in [2.05, 4.69) is 0 Å². The van der Waals surface area contributed by atoms with Crippen LogP contribution in [0.2, 0.25) is 5.02 Å². The van der Waals surface area contributed by atoms with Gasteiger partial charge < -0.3 is 14.6 Å². The highest BCUT2D eigenvalue weighted by Crippen LogP contribution is 2.41. The number of ether oxygens (including phenoxy) is 2. The topological polar surface area (TPSA) is 76.1 Å². The van der Waals surface area contributed by atoms with E-state index in [1.807, 2.05) is 4.90 Å². The zero-order valence-electron chi connectivity index (χ0n) is 12.7. The summed E-state index contributed by atoms with van der Waals surface area (Å²) < 4.78 is 9.98. The standard InChI is InChI=1S/C16H18ClNO5/c1-22-15(20)14(11-4-2-3-5-12(11)17)18-7-6-16(21)10(9-18)8-13(19)23-16/h2-5,10,14,21H,6-9H2,1H3/t10-,14-,16+/m0/s1. The molecule has 2 aliphatic heterocycles. The monoisotopic (exact) mass is 339 g/mol. The zero-order chi connectivity index (χ0) is 16.6. The number of aliphatic hydroxyl groups is 1. The van der Waals surface area contributed by atoms with Crippen molar-refractivity contribution < 1.29 is 24.2 Å². The second-order valence-corrected chi connectivity index (χ2v) is 6.32. The molecule has 3 atom stereocenters. The van der Waals surface area contributed by atoms with Gasteiger partial charge in [0.1, 0.15) is 6.04 Å². The molecule has 0 saturated carbocycles. The molecule has 1 aromatic rings. The van der Waals surface area contributed by atoms with Gasteiger partial charge in [-0.2, -0.15) is 0 Å². The lowest BCUT2D eigenvalue weighted by atomic mass is 9.88. The van der Waals surface area contributed by atoms with Crippen LogP contribution in [0.4, 0.5) is 0 Å². The fourth-order valence-corrected chi connectivity index (χ4v) is 3.58. The Morgan fingerprint density at radius 2 is 2.26 bits per heavy atom. The van der Waals surface area contributed by atoms with E-state index in [0.717, 1.165) is 0 Å². The first-order chi connectivity index (χ1) is 10.9. The number of likely N-dealkylation sites (tertiary alicyclic amines) is 1. The Hall–Kier alpha value is -1.63. The third-order valence-electron chi connectivity index (χ3n) is 4.54. The molecule has 2 aliphatic rings. The largest absolute Gasteiger partial charge is 0.468 e. The van der Waals surface area contributed by atoms with Gasteiger partial charge in [-0.3, -0.25) is 9.69 Å². The molecule has 7 heteroatoms. The van der Waals surface area contributed by atoms with Crippen molar-refractivity contribution in [1.82, 2.24) is 4.90 Å². The first kappa shape index (κ1) is 16.2. The van der Waals surface area contributed by atoms with Crippen molar-refractivity contribution in [3.8, 4) is 0 Å². The minimum atomic E-state index is -1.42. The average Bonchev–Trinajstić information content (AvgIpc) is 2.82. The van der Waals surface area contributed by atoms with Gasteiger partial charge in [0.15, 0.2) is 0 Å². The molecule has 0 unspecified atom stereocenters. The lowest BCUT2D eigenvalue weighted by molar-refractivity contribution is -0.220. The number of benzene rings is 1. The molecule has 0 spiro atoms. The number of piperidine rings is 1.